The third-order valence-electron chi connectivity index (χ3n) is 4.48. The van der Waals surface area contributed by atoms with E-state index in [0.717, 1.165) is 36.4 Å². The van der Waals surface area contributed by atoms with Gasteiger partial charge in [-0.15, -0.1) is 5.10 Å². The van der Waals surface area contributed by atoms with Gasteiger partial charge in [-0.25, -0.2) is 9.50 Å². The zero-order chi connectivity index (χ0) is 16.5. The summed E-state index contributed by atoms with van der Waals surface area (Å²) < 4.78 is 7.87. The molecule has 0 aliphatic carbocycles. The standard InChI is InChI=1S/C19H22N4O/c1-14-5-3-6-15(11-14)17-13-23-18(20-17)8-9-19(21-23)24-16-7-4-10-22(2)12-16/h3,5-6,8-9,11,13,16H,4,7,10,12H2,1-2H3. The molecule has 1 saturated heterocycles. The van der Waals surface area contributed by atoms with Crippen LogP contribution in [-0.4, -0.2) is 45.7 Å². The van der Waals surface area contributed by atoms with E-state index in [0.29, 0.717) is 5.88 Å². The number of piperidine rings is 1. The maximum Gasteiger partial charge on any atom is 0.232 e. The fourth-order valence-corrected chi connectivity index (χ4v) is 3.26. The Balaban J connectivity index is 1.59. The normalized spacial score (nSPS) is 18.8. The van der Waals surface area contributed by atoms with E-state index in [4.69, 9.17) is 4.74 Å². The number of likely N-dealkylation sites (tertiary alicyclic amines) is 1. The highest BCUT2D eigenvalue weighted by atomic mass is 16.5. The van der Waals surface area contributed by atoms with Crippen LogP contribution in [0.1, 0.15) is 18.4 Å². The Morgan fingerprint density at radius 3 is 2.96 bits per heavy atom. The van der Waals surface area contributed by atoms with Gasteiger partial charge in [0.25, 0.3) is 0 Å². The summed E-state index contributed by atoms with van der Waals surface area (Å²) in [6.45, 7) is 4.19. The Kier molecular flexibility index (Phi) is 3.94. The van der Waals surface area contributed by atoms with Gasteiger partial charge in [-0.3, -0.25) is 0 Å². The Hall–Kier alpha value is -2.40. The number of rotatable bonds is 3. The van der Waals surface area contributed by atoms with Crippen molar-refractivity contribution >= 4 is 5.65 Å². The number of fused-ring (bicyclic) bond motifs is 1. The van der Waals surface area contributed by atoms with Crippen LogP contribution in [0.3, 0.4) is 0 Å². The maximum atomic E-state index is 6.07. The first kappa shape index (κ1) is 15.1. The minimum absolute atomic E-state index is 0.216. The summed E-state index contributed by atoms with van der Waals surface area (Å²) in [6.07, 6.45) is 4.44. The van der Waals surface area contributed by atoms with Crippen LogP contribution >= 0.6 is 0 Å². The molecule has 4 rings (SSSR count). The number of hydrogen-bond acceptors (Lipinski definition) is 4. The van der Waals surface area contributed by atoms with E-state index in [9.17, 15) is 0 Å². The summed E-state index contributed by atoms with van der Waals surface area (Å²) in [5, 5.41) is 4.58. The molecule has 3 aromatic rings. The highest BCUT2D eigenvalue weighted by molar-refractivity contribution is 5.63. The van der Waals surface area contributed by atoms with Gasteiger partial charge in [0.05, 0.1) is 11.9 Å². The quantitative estimate of drug-likeness (QED) is 0.743. The third-order valence-corrected chi connectivity index (χ3v) is 4.48. The lowest BCUT2D eigenvalue weighted by atomic mass is 10.1. The fourth-order valence-electron chi connectivity index (χ4n) is 3.26. The molecule has 0 spiro atoms. The molecule has 3 heterocycles. The molecule has 1 unspecified atom stereocenters. The zero-order valence-corrected chi connectivity index (χ0v) is 14.1. The van der Waals surface area contributed by atoms with Crippen molar-refractivity contribution in [1.29, 1.82) is 0 Å². The van der Waals surface area contributed by atoms with Crippen molar-refractivity contribution in [1.82, 2.24) is 19.5 Å². The fraction of sp³-hybridized carbons (Fsp3) is 0.368. The molecule has 5 heteroatoms. The molecule has 1 fully saturated rings. The predicted molar refractivity (Wildman–Crippen MR) is 94.3 cm³/mol. The van der Waals surface area contributed by atoms with Gasteiger partial charge < -0.3 is 9.64 Å². The van der Waals surface area contributed by atoms with Crippen molar-refractivity contribution in [2.75, 3.05) is 20.1 Å². The number of hydrogen-bond donors (Lipinski definition) is 0. The number of benzene rings is 1. The van der Waals surface area contributed by atoms with E-state index in [1.165, 1.54) is 12.0 Å². The van der Waals surface area contributed by atoms with E-state index in [1.54, 1.807) is 4.52 Å². The number of likely N-dealkylation sites (N-methyl/N-ethyl adjacent to an activating group) is 1. The van der Waals surface area contributed by atoms with E-state index < -0.39 is 0 Å². The second-order valence-corrected chi connectivity index (χ2v) is 6.61. The molecule has 0 bridgehead atoms. The predicted octanol–water partition coefficient (Wildman–Crippen LogP) is 3.18. The molecule has 0 amide bonds. The van der Waals surface area contributed by atoms with E-state index in [-0.39, 0.29) is 6.10 Å². The van der Waals surface area contributed by atoms with Crippen molar-refractivity contribution in [2.24, 2.45) is 0 Å². The number of aryl methyl sites for hydroxylation is 1. The van der Waals surface area contributed by atoms with Crippen LogP contribution in [0.2, 0.25) is 0 Å². The smallest absolute Gasteiger partial charge is 0.232 e. The minimum Gasteiger partial charge on any atom is -0.472 e. The third kappa shape index (κ3) is 3.12. The van der Waals surface area contributed by atoms with Crippen LogP contribution in [0.4, 0.5) is 0 Å². The zero-order valence-electron chi connectivity index (χ0n) is 14.1. The lowest BCUT2D eigenvalue weighted by Gasteiger charge is -2.29. The van der Waals surface area contributed by atoms with Gasteiger partial charge in [0.15, 0.2) is 5.65 Å². The van der Waals surface area contributed by atoms with Gasteiger partial charge in [-0.1, -0.05) is 23.8 Å². The molecule has 0 saturated carbocycles. The molecule has 24 heavy (non-hydrogen) atoms. The highest BCUT2D eigenvalue weighted by Crippen LogP contribution is 2.21. The second-order valence-electron chi connectivity index (χ2n) is 6.61. The van der Waals surface area contributed by atoms with Crippen LogP contribution in [0.5, 0.6) is 5.88 Å². The molecule has 0 radical (unpaired) electrons. The highest BCUT2D eigenvalue weighted by Gasteiger charge is 2.19. The Labute approximate surface area is 141 Å². The molecule has 1 aromatic carbocycles. The largest absolute Gasteiger partial charge is 0.472 e. The summed E-state index contributed by atoms with van der Waals surface area (Å²) in [7, 11) is 2.14. The van der Waals surface area contributed by atoms with E-state index in [1.807, 2.05) is 18.3 Å². The summed E-state index contributed by atoms with van der Waals surface area (Å²) in [6, 6.07) is 12.2. The molecule has 1 aliphatic heterocycles. The van der Waals surface area contributed by atoms with Crippen molar-refractivity contribution in [2.45, 2.75) is 25.9 Å². The molecule has 1 atom stereocenters. The summed E-state index contributed by atoms with van der Waals surface area (Å²) in [5.74, 6) is 0.663. The van der Waals surface area contributed by atoms with Crippen LogP contribution in [0, 0.1) is 6.92 Å². The maximum absolute atomic E-state index is 6.07. The van der Waals surface area contributed by atoms with E-state index >= 15 is 0 Å². The molecule has 0 N–H and O–H groups in total. The Bertz CT molecular complexity index is 857. The van der Waals surface area contributed by atoms with E-state index in [2.05, 4.69) is 53.2 Å². The minimum atomic E-state index is 0.216. The number of aromatic nitrogens is 3. The van der Waals surface area contributed by atoms with Crippen molar-refractivity contribution in [3.63, 3.8) is 0 Å². The Morgan fingerprint density at radius 1 is 1.21 bits per heavy atom. The average molecular weight is 322 g/mol. The average Bonchev–Trinajstić information content (AvgIpc) is 2.98. The molecule has 2 aromatic heterocycles. The summed E-state index contributed by atoms with van der Waals surface area (Å²) >= 11 is 0. The molecule has 5 nitrogen and oxygen atoms in total. The number of imidazole rings is 1. The van der Waals surface area contributed by atoms with Gasteiger partial charge in [-0.05, 0) is 45.5 Å². The topological polar surface area (TPSA) is 42.7 Å². The first-order valence-corrected chi connectivity index (χ1v) is 8.46. The molecule has 124 valence electrons. The number of nitrogens with zero attached hydrogens (tertiary/aromatic N) is 4. The lowest BCUT2D eigenvalue weighted by Crippen LogP contribution is -2.38. The van der Waals surface area contributed by atoms with Crippen molar-refractivity contribution in [3.05, 3.63) is 48.2 Å². The number of ether oxygens (including phenoxy) is 1. The van der Waals surface area contributed by atoms with Crippen molar-refractivity contribution < 1.29 is 4.74 Å². The summed E-state index contributed by atoms with van der Waals surface area (Å²) in [4.78, 5) is 6.97. The van der Waals surface area contributed by atoms with Crippen LogP contribution in [0.25, 0.3) is 16.9 Å². The van der Waals surface area contributed by atoms with Gasteiger partial charge in [-0.2, -0.15) is 0 Å². The van der Waals surface area contributed by atoms with Gasteiger partial charge in [0, 0.05) is 18.2 Å². The molecular formula is C19H22N4O. The molecule has 1 aliphatic rings. The van der Waals surface area contributed by atoms with Gasteiger partial charge in [0.2, 0.25) is 5.88 Å². The van der Waals surface area contributed by atoms with Crippen molar-refractivity contribution in [3.8, 4) is 17.1 Å². The van der Waals surface area contributed by atoms with Crippen LogP contribution in [0.15, 0.2) is 42.6 Å². The summed E-state index contributed by atoms with van der Waals surface area (Å²) in [5.41, 5.74) is 4.10. The van der Waals surface area contributed by atoms with Crippen LogP contribution < -0.4 is 4.74 Å². The first-order chi connectivity index (χ1) is 11.7. The van der Waals surface area contributed by atoms with Gasteiger partial charge >= 0.3 is 0 Å². The van der Waals surface area contributed by atoms with Gasteiger partial charge in [0.1, 0.15) is 6.10 Å². The Morgan fingerprint density at radius 2 is 2.12 bits per heavy atom. The SMILES string of the molecule is Cc1cccc(-c2cn3nc(OC4CCCN(C)C4)ccc3n2)c1. The monoisotopic (exact) mass is 322 g/mol. The lowest BCUT2D eigenvalue weighted by molar-refractivity contribution is 0.0988. The van der Waals surface area contributed by atoms with Crippen LogP contribution in [-0.2, 0) is 0 Å². The second kappa shape index (κ2) is 6.24. The molecular weight excluding hydrogens is 300 g/mol. The first-order valence-electron chi connectivity index (χ1n) is 8.46.